The molecule has 2 N–H and O–H groups in total. The molecule has 1 saturated heterocycles. The predicted octanol–water partition coefficient (Wildman–Crippen LogP) is 7.65. The zero-order chi connectivity index (χ0) is 27.6. The van der Waals surface area contributed by atoms with Crippen LogP contribution in [0.15, 0.2) is 42.0 Å². The van der Waals surface area contributed by atoms with E-state index in [2.05, 4.69) is 25.2 Å². The molecule has 204 valence electrons. The number of cyclic esters (lactones) is 1. The van der Waals surface area contributed by atoms with Crippen molar-refractivity contribution in [1.29, 1.82) is 0 Å². The summed E-state index contributed by atoms with van der Waals surface area (Å²) in [5.74, 6) is -0.352. The Balaban J connectivity index is 1.57. The average molecular weight is 561 g/mol. The third-order valence-electron chi connectivity index (χ3n) is 7.49. The van der Waals surface area contributed by atoms with Crippen LogP contribution in [0.2, 0.25) is 10.0 Å². The number of amides is 1. The lowest BCUT2D eigenvalue weighted by Crippen LogP contribution is -2.35. The first-order valence-electron chi connectivity index (χ1n) is 13.0. The quantitative estimate of drug-likeness (QED) is 0.355. The van der Waals surface area contributed by atoms with Crippen LogP contribution in [-0.4, -0.2) is 35.5 Å². The fourth-order valence-electron chi connectivity index (χ4n) is 5.59. The molecule has 0 radical (unpaired) electrons. The van der Waals surface area contributed by atoms with Crippen molar-refractivity contribution in [2.24, 2.45) is 5.41 Å². The second-order valence-electron chi connectivity index (χ2n) is 11.1. The largest absolute Gasteiger partial charge is 0.462 e. The minimum Gasteiger partial charge on any atom is -0.462 e. The molecule has 8 heteroatoms. The monoisotopic (exact) mass is 559 g/mol. The predicted molar refractivity (Wildman–Crippen MR) is 151 cm³/mol. The summed E-state index contributed by atoms with van der Waals surface area (Å²) in [6, 6.07) is 11.3. The Morgan fingerprint density at radius 1 is 1.11 bits per heavy atom. The first-order chi connectivity index (χ1) is 17.9. The van der Waals surface area contributed by atoms with Crippen LogP contribution < -0.4 is 5.32 Å². The molecule has 2 aromatic rings. The SMILES string of the molecule is Cc1cc(NC(=O)OC2CC(c3ccc(Cl)c(C)c3)=C(CCC3CC(O)CC(=O)O3)C(C)(C)C2)ccc1Cl. The number of hydrogen-bond acceptors (Lipinski definition) is 5. The molecule has 1 fully saturated rings. The number of carbonyl (C=O) groups is 2. The molecule has 2 aliphatic rings. The van der Waals surface area contributed by atoms with Gasteiger partial charge in [0.25, 0.3) is 0 Å². The molecule has 0 aromatic heterocycles. The van der Waals surface area contributed by atoms with E-state index >= 15 is 0 Å². The van der Waals surface area contributed by atoms with E-state index in [1.54, 1.807) is 12.1 Å². The maximum absolute atomic E-state index is 12.8. The Morgan fingerprint density at radius 3 is 2.45 bits per heavy atom. The number of esters is 1. The molecule has 0 saturated carbocycles. The topological polar surface area (TPSA) is 84.9 Å². The van der Waals surface area contributed by atoms with Gasteiger partial charge in [-0.3, -0.25) is 10.1 Å². The van der Waals surface area contributed by atoms with Crippen LogP contribution >= 0.6 is 23.2 Å². The van der Waals surface area contributed by atoms with Crippen molar-refractivity contribution in [3.8, 4) is 0 Å². The second kappa shape index (κ2) is 11.7. The number of aryl methyl sites for hydroxylation is 2. The van der Waals surface area contributed by atoms with Crippen molar-refractivity contribution in [2.75, 3.05) is 5.32 Å². The fourth-order valence-corrected chi connectivity index (χ4v) is 5.82. The van der Waals surface area contributed by atoms with Gasteiger partial charge in [-0.2, -0.15) is 0 Å². The van der Waals surface area contributed by atoms with Gasteiger partial charge in [0.05, 0.1) is 12.5 Å². The van der Waals surface area contributed by atoms with Crippen LogP contribution in [0.25, 0.3) is 5.57 Å². The van der Waals surface area contributed by atoms with Crippen LogP contribution in [0, 0.1) is 19.3 Å². The third kappa shape index (κ3) is 6.90. The van der Waals surface area contributed by atoms with Gasteiger partial charge in [0, 0.05) is 28.6 Å². The summed E-state index contributed by atoms with van der Waals surface area (Å²) in [4.78, 5) is 24.7. The van der Waals surface area contributed by atoms with E-state index in [0.29, 0.717) is 47.8 Å². The number of rotatable bonds is 6. The lowest BCUT2D eigenvalue weighted by atomic mass is 9.68. The Bertz CT molecular complexity index is 1260. The van der Waals surface area contributed by atoms with E-state index in [9.17, 15) is 14.7 Å². The summed E-state index contributed by atoms with van der Waals surface area (Å²) in [5.41, 5.74) is 5.58. The minimum absolute atomic E-state index is 0.0522. The lowest BCUT2D eigenvalue weighted by Gasteiger charge is -2.40. The van der Waals surface area contributed by atoms with E-state index in [0.717, 1.165) is 22.3 Å². The van der Waals surface area contributed by atoms with Gasteiger partial charge in [-0.1, -0.05) is 54.8 Å². The Labute approximate surface area is 234 Å². The molecule has 1 heterocycles. The molecule has 2 aromatic carbocycles. The minimum atomic E-state index is -0.659. The summed E-state index contributed by atoms with van der Waals surface area (Å²) in [5, 5.41) is 14.2. The summed E-state index contributed by atoms with van der Waals surface area (Å²) >= 11 is 12.4. The Hall–Kier alpha value is -2.54. The summed E-state index contributed by atoms with van der Waals surface area (Å²) in [6.07, 6.45) is 1.23. The highest BCUT2D eigenvalue weighted by Gasteiger charge is 2.38. The van der Waals surface area contributed by atoms with Crippen LogP contribution in [0.3, 0.4) is 0 Å². The molecule has 0 spiro atoms. The molecule has 0 bridgehead atoms. The fraction of sp³-hybridized carbons (Fsp3) is 0.467. The number of hydrogen-bond donors (Lipinski definition) is 2. The molecule has 6 nitrogen and oxygen atoms in total. The first kappa shape index (κ1) is 28.5. The van der Waals surface area contributed by atoms with Crippen LogP contribution in [0.1, 0.15) is 69.1 Å². The van der Waals surface area contributed by atoms with E-state index < -0.39 is 12.2 Å². The van der Waals surface area contributed by atoms with Gasteiger partial charge in [-0.15, -0.1) is 0 Å². The molecule has 4 rings (SSSR count). The normalized spacial score (nSPS) is 23.1. The van der Waals surface area contributed by atoms with Gasteiger partial charge in [0.2, 0.25) is 0 Å². The van der Waals surface area contributed by atoms with Crippen LogP contribution in [0.5, 0.6) is 0 Å². The number of ether oxygens (including phenoxy) is 2. The highest BCUT2D eigenvalue weighted by molar-refractivity contribution is 6.31. The Kier molecular flexibility index (Phi) is 8.75. The summed E-state index contributed by atoms with van der Waals surface area (Å²) in [6.45, 7) is 8.16. The van der Waals surface area contributed by atoms with Crippen molar-refractivity contribution >= 4 is 46.5 Å². The molecular formula is C30H35Cl2NO5. The number of halogens is 2. The lowest BCUT2D eigenvalue weighted by molar-refractivity contribution is -0.160. The molecule has 3 atom stereocenters. The molecule has 1 amide bonds. The van der Waals surface area contributed by atoms with Gasteiger partial charge < -0.3 is 14.6 Å². The van der Waals surface area contributed by atoms with E-state index in [-0.39, 0.29) is 30.0 Å². The molecule has 38 heavy (non-hydrogen) atoms. The summed E-state index contributed by atoms with van der Waals surface area (Å²) < 4.78 is 11.4. The van der Waals surface area contributed by atoms with Crippen molar-refractivity contribution in [3.05, 3.63) is 68.7 Å². The smallest absolute Gasteiger partial charge is 0.411 e. The highest BCUT2D eigenvalue weighted by Crippen LogP contribution is 2.47. The molecule has 1 aliphatic carbocycles. The maximum Gasteiger partial charge on any atom is 0.411 e. The Morgan fingerprint density at radius 2 is 1.79 bits per heavy atom. The standard InChI is InChI=1S/C30H35Cl2NO5/c1-17-11-19(5-9-26(17)31)24-15-23(38-29(36)33-20-6-10-27(32)18(2)12-20)16-30(3,4)25(24)8-7-22-13-21(34)14-28(35)37-22/h5-6,9-12,21-23,34H,7-8,13-16H2,1-4H3,(H,33,36). The van der Waals surface area contributed by atoms with Gasteiger partial charge in [0.15, 0.2) is 0 Å². The van der Waals surface area contributed by atoms with Crippen LogP contribution in [0.4, 0.5) is 10.5 Å². The van der Waals surface area contributed by atoms with E-state index in [1.165, 1.54) is 5.57 Å². The maximum atomic E-state index is 12.8. The zero-order valence-electron chi connectivity index (χ0n) is 22.3. The van der Waals surface area contributed by atoms with Gasteiger partial charge in [0.1, 0.15) is 12.2 Å². The van der Waals surface area contributed by atoms with E-state index in [1.807, 2.05) is 32.0 Å². The number of aliphatic hydroxyl groups excluding tert-OH is 1. The number of nitrogens with one attached hydrogen (secondary N) is 1. The number of aliphatic hydroxyl groups is 1. The van der Waals surface area contributed by atoms with Crippen molar-refractivity contribution in [3.63, 3.8) is 0 Å². The second-order valence-corrected chi connectivity index (χ2v) is 11.9. The van der Waals surface area contributed by atoms with Gasteiger partial charge in [-0.25, -0.2) is 4.79 Å². The van der Waals surface area contributed by atoms with Crippen LogP contribution in [-0.2, 0) is 14.3 Å². The number of allylic oxidation sites excluding steroid dienone is 1. The van der Waals surface area contributed by atoms with E-state index in [4.69, 9.17) is 32.7 Å². The molecular weight excluding hydrogens is 525 g/mol. The van der Waals surface area contributed by atoms with Gasteiger partial charge >= 0.3 is 12.1 Å². The average Bonchev–Trinajstić information content (AvgIpc) is 2.81. The summed E-state index contributed by atoms with van der Waals surface area (Å²) in [7, 11) is 0. The van der Waals surface area contributed by atoms with Crippen molar-refractivity contribution in [1.82, 2.24) is 0 Å². The number of anilines is 1. The van der Waals surface area contributed by atoms with Crippen molar-refractivity contribution < 1.29 is 24.2 Å². The number of benzene rings is 2. The molecule has 1 aliphatic heterocycles. The van der Waals surface area contributed by atoms with Crippen molar-refractivity contribution in [2.45, 2.75) is 84.5 Å². The molecule has 3 unspecified atom stereocenters. The van der Waals surface area contributed by atoms with Gasteiger partial charge in [-0.05, 0) is 85.1 Å². The highest BCUT2D eigenvalue weighted by atomic mass is 35.5. The zero-order valence-corrected chi connectivity index (χ0v) is 23.8. The third-order valence-corrected chi connectivity index (χ3v) is 8.34. The number of carbonyl (C=O) groups excluding carboxylic acids is 2. The first-order valence-corrected chi connectivity index (χ1v) is 13.8.